The van der Waals surface area contributed by atoms with E-state index in [2.05, 4.69) is 17.8 Å². The van der Waals surface area contributed by atoms with Crippen molar-refractivity contribution in [2.45, 2.75) is 19.3 Å². The van der Waals surface area contributed by atoms with Gasteiger partial charge in [-0.3, -0.25) is 15.0 Å². The summed E-state index contributed by atoms with van der Waals surface area (Å²) in [4.78, 5) is 27.4. The number of urea groups is 1. The van der Waals surface area contributed by atoms with Crippen LogP contribution < -0.4 is 8.79 Å². The van der Waals surface area contributed by atoms with Crippen molar-refractivity contribution in [1.82, 2.24) is 3.89 Å². The number of fused-ring (bicyclic) bond motifs is 1. The summed E-state index contributed by atoms with van der Waals surface area (Å²) in [6, 6.07) is 6.25. The molecule has 0 N–H and O–H groups in total. The van der Waals surface area contributed by atoms with Gasteiger partial charge in [0.05, 0.1) is 23.3 Å². The highest BCUT2D eigenvalue weighted by atomic mass is 32.1. The van der Waals surface area contributed by atoms with Crippen LogP contribution in [0.5, 0.6) is 0 Å². The standard InChI is InChI=1S/C18H13F6N4O3S/c1-2-26(11-6-4-3-5-7-11)16(29)28(32)13-9-10(17(19,20)21)8-12(27(30)31)14(13)25-15(28)18(22,23)24/h3-9,32H,2H2,1H3/q+1. The zero-order valence-corrected chi connectivity index (χ0v) is 16.9. The maximum Gasteiger partial charge on any atom is 0.489 e. The van der Waals surface area contributed by atoms with Gasteiger partial charge in [0.2, 0.25) is 5.69 Å². The molecule has 1 unspecified atom stereocenters. The predicted octanol–water partition coefficient (Wildman–Crippen LogP) is 6.02. The molecule has 170 valence electrons. The smallest absolute Gasteiger partial charge is 0.261 e. The first-order valence-corrected chi connectivity index (χ1v) is 9.18. The Kier molecular flexibility index (Phi) is 5.72. The quantitative estimate of drug-likeness (QED) is 0.192. The zero-order valence-electron chi connectivity index (χ0n) is 16.0. The fourth-order valence-electron chi connectivity index (χ4n) is 3.21. The number of alkyl halides is 6. The Morgan fingerprint density at radius 2 is 1.72 bits per heavy atom. The Hall–Kier alpha value is -3.13. The molecule has 0 bridgehead atoms. The number of carbonyl (C=O) groups is 1. The van der Waals surface area contributed by atoms with E-state index in [1.54, 1.807) is 6.07 Å². The number of hydrogen-bond acceptors (Lipinski definition) is 5. The van der Waals surface area contributed by atoms with Crippen LogP contribution >= 0.6 is 12.8 Å². The number of para-hydroxylation sites is 1. The highest BCUT2D eigenvalue weighted by Gasteiger charge is 2.64. The number of aliphatic imine (C=N–C) groups is 1. The lowest BCUT2D eigenvalue weighted by molar-refractivity contribution is -0.384. The molecule has 0 aliphatic carbocycles. The van der Waals surface area contributed by atoms with Gasteiger partial charge in [-0.2, -0.15) is 31.3 Å². The molecule has 0 fully saturated rings. The maximum absolute atomic E-state index is 13.9. The number of amides is 2. The van der Waals surface area contributed by atoms with E-state index < -0.39 is 55.7 Å². The average Bonchev–Trinajstić information content (AvgIpc) is 3.02. The summed E-state index contributed by atoms with van der Waals surface area (Å²) in [5.41, 5.74) is -4.86. The van der Waals surface area contributed by atoms with Crippen LogP contribution in [0.25, 0.3) is 0 Å². The summed E-state index contributed by atoms with van der Waals surface area (Å²) in [5.74, 6) is -1.92. The van der Waals surface area contributed by atoms with E-state index in [4.69, 9.17) is 0 Å². The second kappa shape index (κ2) is 7.78. The second-order valence-corrected chi connectivity index (χ2v) is 7.15. The van der Waals surface area contributed by atoms with Gasteiger partial charge in [-0.15, -0.1) is 0 Å². The maximum atomic E-state index is 13.9. The third kappa shape index (κ3) is 3.79. The summed E-state index contributed by atoms with van der Waals surface area (Å²) in [6.45, 7) is 1.26. The first-order valence-electron chi connectivity index (χ1n) is 8.78. The van der Waals surface area contributed by atoms with Crippen LogP contribution in [0.4, 0.5) is 53.9 Å². The van der Waals surface area contributed by atoms with Crippen molar-refractivity contribution in [3.05, 3.63) is 58.1 Å². The Balaban J connectivity index is 2.34. The van der Waals surface area contributed by atoms with Gasteiger partial charge in [0.25, 0.3) is 0 Å². The van der Waals surface area contributed by atoms with E-state index in [1.807, 2.05) is 0 Å². The Morgan fingerprint density at radius 3 is 2.19 bits per heavy atom. The van der Waals surface area contributed by atoms with Crippen LogP contribution in [0.1, 0.15) is 12.5 Å². The first kappa shape index (κ1) is 23.5. The molecule has 14 heteroatoms. The van der Waals surface area contributed by atoms with Gasteiger partial charge in [0.1, 0.15) is 0 Å². The summed E-state index contributed by atoms with van der Waals surface area (Å²) in [7, 11) is 0. The van der Waals surface area contributed by atoms with Crippen LogP contribution in [0.15, 0.2) is 47.5 Å². The predicted molar refractivity (Wildman–Crippen MR) is 107 cm³/mol. The Labute approximate surface area is 181 Å². The number of hydrogen-bond donors (Lipinski definition) is 1. The van der Waals surface area contributed by atoms with Gasteiger partial charge in [-0.1, -0.05) is 22.1 Å². The minimum Gasteiger partial charge on any atom is -0.261 e. The van der Waals surface area contributed by atoms with Gasteiger partial charge < -0.3 is 0 Å². The highest BCUT2D eigenvalue weighted by Crippen LogP contribution is 2.53. The molecule has 0 saturated heterocycles. The number of quaternary nitrogens is 1. The van der Waals surface area contributed by atoms with Gasteiger partial charge in [0.15, 0.2) is 5.69 Å². The molecule has 2 aromatic carbocycles. The average molecular weight is 479 g/mol. The number of anilines is 1. The van der Waals surface area contributed by atoms with Crippen molar-refractivity contribution in [2.75, 3.05) is 11.4 Å². The number of thiol groups is 1. The van der Waals surface area contributed by atoms with Crippen molar-refractivity contribution in [2.24, 2.45) is 4.99 Å². The van der Waals surface area contributed by atoms with Gasteiger partial charge in [-0.05, 0) is 19.1 Å². The molecule has 1 atom stereocenters. The van der Waals surface area contributed by atoms with Crippen molar-refractivity contribution in [3.63, 3.8) is 0 Å². The van der Waals surface area contributed by atoms with Crippen molar-refractivity contribution >= 4 is 47.4 Å². The molecule has 0 aromatic heterocycles. The number of carbonyl (C=O) groups excluding carboxylic acids is 1. The Morgan fingerprint density at radius 1 is 1.12 bits per heavy atom. The molecule has 7 nitrogen and oxygen atoms in total. The summed E-state index contributed by atoms with van der Waals surface area (Å²) in [5, 5.41) is 11.3. The van der Waals surface area contributed by atoms with Gasteiger partial charge in [-0.25, -0.2) is 4.79 Å². The lowest BCUT2D eigenvalue weighted by atomic mass is 10.1. The fraction of sp³-hybridized carbons (Fsp3) is 0.222. The van der Waals surface area contributed by atoms with Crippen LogP contribution in [-0.2, 0) is 6.18 Å². The molecule has 2 aromatic rings. The molecular formula is C18H13F6N4O3S+. The number of amidine groups is 1. The number of rotatable bonds is 3. The number of halogens is 6. The number of benzene rings is 2. The van der Waals surface area contributed by atoms with E-state index in [9.17, 15) is 41.3 Å². The lowest BCUT2D eigenvalue weighted by Crippen LogP contribution is -2.59. The number of nitrogens with zero attached hydrogens (tertiary/aromatic N) is 4. The largest absolute Gasteiger partial charge is 0.489 e. The molecule has 1 aliphatic heterocycles. The molecule has 0 spiro atoms. The third-order valence-electron chi connectivity index (χ3n) is 4.61. The highest BCUT2D eigenvalue weighted by molar-refractivity contribution is 7.81. The number of nitro groups is 1. The summed E-state index contributed by atoms with van der Waals surface area (Å²) < 4.78 is 79.5. The van der Waals surface area contributed by atoms with Crippen molar-refractivity contribution in [1.29, 1.82) is 0 Å². The molecule has 32 heavy (non-hydrogen) atoms. The molecule has 3 rings (SSSR count). The first-order chi connectivity index (χ1) is 14.7. The molecule has 0 saturated carbocycles. The van der Waals surface area contributed by atoms with E-state index in [0.29, 0.717) is 0 Å². The fourth-order valence-corrected chi connectivity index (χ4v) is 3.63. The van der Waals surface area contributed by atoms with Crippen molar-refractivity contribution in [3.8, 4) is 0 Å². The second-order valence-electron chi connectivity index (χ2n) is 6.55. The van der Waals surface area contributed by atoms with Crippen molar-refractivity contribution < 1.29 is 36.1 Å². The monoisotopic (exact) mass is 479 g/mol. The summed E-state index contributed by atoms with van der Waals surface area (Å²) in [6.07, 6.45) is -10.5. The van der Waals surface area contributed by atoms with E-state index in [1.165, 1.54) is 31.2 Å². The minimum absolute atomic E-state index is 0.0685. The lowest BCUT2D eigenvalue weighted by Gasteiger charge is -2.31. The minimum atomic E-state index is -5.35. The molecule has 1 aliphatic rings. The van der Waals surface area contributed by atoms with Gasteiger partial charge >= 0.3 is 29.9 Å². The summed E-state index contributed by atoms with van der Waals surface area (Å²) >= 11 is 3.85. The molecule has 2 amide bonds. The van der Waals surface area contributed by atoms with Crippen LogP contribution in [0.2, 0.25) is 0 Å². The van der Waals surface area contributed by atoms with Gasteiger partial charge in [0, 0.05) is 24.4 Å². The molecular weight excluding hydrogens is 466 g/mol. The normalized spacial score (nSPS) is 18.2. The van der Waals surface area contributed by atoms with E-state index in [0.717, 1.165) is 4.90 Å². The number of nitro benzene ring substituents is 1. The third-order valence-corrected chi connectivity index (χ3v) is 5.19. The van der Waals surface area contributed by atoms with Crippen LogP contribution in [0.3, 0.4) is 0 Å². The SMILES string of the molecule is CCN(C(=O)[N+]1(S)C(C(F)(F)F)=Nc2c([N+](=O)[O-])cc(C(F)(F)F)cc21)c1ccccc1. The Bertz CT molecular complexity index is 1120. The van der Waals surface area contributed by atoms with Crippen LogP contribution in [0, 0.1) is 10.1 Å². The van der Waals surface area contributed by atoms with Crippen LogP contribution in [-0.4, -0.2) is 29.5 Å². The molecule has 1 heterocycles. The molecule has 0 radical (unpaired) electrons. The van der Waals surface area contributed by atoms with E-state index >= 15 is 0 Å². The van der Waals surface area contributed by atoms with E-state index in [-0.39, 0.29) is 24.4 Å². The zero-order chi connectivity index (χ0) is 24.1. The topological polar surface area (TPSA) is 75.8 Å².